The van der Waals surface area contributed by atoms with Gasteiger partial charge in [0, 0.05) is 19.8 Å². The highest BCUT2D eigenvalue weighted by molar-refractivity contribution is 5.57. The first kappa shape index (κ1) is 12.2. The third kappa shape index (κ3) is 3.37. The van der Waals surface area contributed by atoms with Gasteiger partial charge in [0.25, 0.3) is 0 Å². The highest BCUT2D eigenvalue weighted by atomic mass is 16.5. The van der Waals surface area contributed by atoms with Gasteiger partial charge in [0.2, 0.25) is 0 Å². The normalized spacial score (nSPS) is 16.8. The molecule has 0 atom stereocenters. The number of methoxy groups -OCH3 is 1. The minimum Gasteiger partial charge on any atom is -0.495 e. The second-order valence-corrected chi connectivity index (χ2v) is 4.64. The summed E-state index contributed by atoms with van der Waals surface area (Å²) in [6, 6.07) is 6.26. The molecule has 3 heteroatoms. The van der Waals surface area contributed by atoms with E-state index in [1.807, 2.05) is 0 Å². The van der Waals surface area contributed by atoms with Crippen LogP contribution in [0.3, 0.4) is 0 Å². The lowest BCUT2D eigenvalue weighted by Crippen LogP contribution is -2.22. The van der Waals surface area contributed by atoms with E-state index < -0.39 is 0 Å². The average Bonchev–Trinajstić information content (AvgIpc) is 2.38. The van der Waals surface area contributed by atoms with Crippen LogP contribution in [0.1, 0.15) is 18.4 Å². The Morgan fingerprint density at radius 3 is 2.82 bits per heavy atom. The smallest absolute Gasteiger partial charge is 0.142 e. The molecule has 0 aromatic heterocycles. The Morgan fingerprint density at radius 2 is 2.12 bits per heavy atom. The van der Waals surface area contributed by atoms with Crippen molar-refractivity contribution in [3.8, 4) is 5.75 Å². The van der Waals surface area contributed by atoms with Crippen molar-refractivity contribution in [1.29, 1.82) is 0 Å². The summed E-state index contributed by atoms with van der Waals surface area (Å²) in [5.74, 6) is 1.65. The van der Waals surface area contributed by atoms with E-state index in [0.29, 0.717) is 0 Å². The van der Waals surface area contributed by atoms with Crippen LogP contribution in [-0.4, -0.2) is 26.9 Å². The summed E-state index contributed by atoms with van der Waals surface area (Å²) in [4.78, 5) is 0. The fourth-order valence-corrected chi connectivity index (χ4v) is 2.15. The van der Waals surface area contributed by atoms with Crippen molar-refractivity contribution in [3.63, 3.8) is 0 Å². The van der Waals surface area contributed by atoms with E-state index in [9.17, 15) is 0 Å². The number of benzene rings is 1. The van der Waals surface area contributed by atoms with E-state index in [0.717, 1.165) is 50.0 Å². The molecule has 3 nitrogen and oxygen atoms in total. The van der Waals surface area contributed by atoms with Gasteiger partial charge in [-0.05, 0) is 43.4 Å². The summed E-state index contributed by atoms with van der Waals surface area (Å²) in [6.07, 6.45) is 2.31. The van der Waals surface area contributed by atoms with Crippen molar-refractivity contribution in [2.75, 3.05) is 32.2 Å². The maximum Gasteiger partial charge on any atom is 0.142 e. The topological polar surface area (TPSA) is 30.5 Å². The summed E-state index contributed by atoms with van der Waals surface area (Å²) >= 11 is 0. The number of ether oxygens (including phenoxy) is 2. The molecule has 1 saturated heterocycles. The Bertz CT molecular complexity index is 359. The number of hydrogen-bond donors (Lipinski definition) is 1. The van der Waals surface area contributed by atoms with Crippen molar-refractivity contribution in [2.45, 2.75) is 19.8 Å². The van der Waals surface area contributed by atoms with Gasteiger partial charge in [0.1, 0.15) is 5.75 Å². The molecule has 2 rings (SSSR count). The maximum absolute atomic E-state index is 5.38. The van der Waals surface area contributed by atoms with Crippen molar-refractivity contribution in [3.05, 3.63) is 23.8 Å². The predicted molar refractivity (Wildman–Crippen MR) is 69.8 cm³/mol. The third-order valence-corrected chi connectivity index (χ3v) is 3.28. The highest BCUT2D eigenvalue weighted by Crippen LogP contribution is 2.26. The van der Waals surface area contributed by atoms with E-state index in [-0.39, 0.29) is 0 Å². The average molecular weight is 235 g/mol. The van der Waals surface area contributed by atoms with Crippen LogP contribution in [0.4, 0.5) is 5.69 Å². The molecule has 0 saturated carbocycles. The van der Waals surface area contributed by atoms with Crippen LogP contribution >= 0.6 is 0 Å². The van der Waals surface area contributed by atoms with Gasteiger partial charge in [-0.3, -0.25) is 0 Å². The molecular weight excluding hydrogens is 214 g/mol. The molecule has 1 aromatic rings. The number of hydrogen-bond acceptors (Lipinski definition) is 3. The van der Waals surface area contributed by atoms with E-state index in [4.69, 9.17) is 9.47 Å². The van der Waals surface area contributed by atoms with Crippen LogP contribution in [0.15, 0.2) is 18.2 Å². The first-order valence-electron chi connectivity index (χ1n) is 6.26. The van der Waals surface area contributed by atoms with Gasteiger partial charge in [-0.2, -0.15) is 0 Å². The Hall–Kier alpha value is -1.22. The van der Waals surface area contributed by atoms with Crippen LogP contribution in [0.2, 0.25) is 0 Å². The molecule has 0 spiro atoms. The monoisotopic (exact) mass is 235 g/mol. The van der Waals surface area contributed by atoms with Crippen molar-refractivity contribution < 1.29 is 9.47 Å². The zero-order chi connectivity index (χ0) is 12.1. The Kier molecular flexibility index (Phi) is 4.26. The molecule has 0 aliphatic carbocycles. The summed E-state index contributed by atoms with van der Waals surface area (Å²) < 4.78 is 10.7. The molecule has 1 fully saturated rings. The number of anilines is 1. The predicted octanol–water partition coefficient (Wildman–Crippen LogP) is 2.84. The summed E-state index contributed by atoms with van der Waals surface area (Å²) in [7, 11) is 1.72. The van der Waals surface area contributed by atoms with E-state index >= 15 is 0 Å². The molecule has 1 N–H and O–H groups in total. The number of nitrogens with one attached hydrogen (secondary N) is 1. The van der Waals surface area contributed by atoms with Gasteiger partial charge in [-0.25, -0.2) is 0 Å². The quantitative estimate of drug-likeness (QED) is 0.870. The minimum atomic E-state index is 0.717. The first-order valence-corrected chi connectivity index (χ1v) is 6.26. The van der Waals surface area contributed by atoms with Gasteiger partial charge in [-0.1, -0.05) is 6.07 Å². The largest absolute Gasteiger partial charge is 0.495 e. The number of aryl methyl sites for hydroxylation is 1. The second kappa shape index (κ2) is 5.92. The molecule has 1 aromatic carbocycles. The van der Waals surface area contributed by atoms with Gasteiger partial charge >= 0.3 is 0 Å². The molecule has 0 amide bonds. The molecule has 1 aliphatic rings. The standard InChI is InChI=1S/C14H21NO2/c1-11-3-4-13(14(9-11)16-2)15-10-12-5-7-17-8-6-12/h3-4,9,12,15H,5-8,10H2,1-2H3. The molecular formula is C14H21NO2. The molecule has 1 heterocycles. The molecule has 94 valence electrons. The van der Waals surface area contributed by atoms with E-state index in [2.05, 4.69) is 30.4 Å². The number of rotatable bonds is 4. The summed E-state index contributed by atoms with van der Waals surface area (Å²) in [5, 5.41) is 3.48. The SMILES string of the molecule is COc1cc(C)ccc1NCC1CCOCC1. The molecule has 0 radical (unpaired) electrons. The lowest BCUT2D eigenvalue weighted by molar-refractivity contribution is 0.0699. The highest BCUT2D eigenvalue weighted by Gasteiger charge is 2.14. The maximum atomic E-state index is 5.38. The fourth-order valence-electron chi connectivity index (χ4n) is 2.15. The zero-order valence-corrected chi connectivity index (χ0v) is 10.7. The van der Waals surface area contributed by atoms with Gasteiger partial charge in [0.15, 0.2) is 0 Å². The Balaban J connectivity index is 1.93. The van der Waals surface area contributed by atoms with Crippen LogP contribution < -0.4 is 10.1 Å². The van der Waals surface area contributed by atoms with Gasteiger partial charge in [-0.15, -0.1) is 0 Å². The van der Waals surface area contributed by atoms with Gasteiger partial charge < -0.3 is 14.8 Å². The molecule has 17 heavy (non-hydrogen) atoms. The summed E-state index contributed by atoms with van der Waals surface area (Å²) in [5.41, 5.74) is 2.31. The van der Waals surface area contributed by atoms with Crippen LogP contribution in [0, 0.1) is 12.8 Å². The van der Waals surface area contributed by atoms with Crippen LogP contribution in [-0.2, 0) is 4.74 Å². The van der Waals surface area contributed by atoms with Gasteiger partial charge in [0.05, 0.1) is 12.8 Å². The summed E-state index contributed by atoms with van der Waals surface area (Å²) in [6.45, 7) is 4.88. The first-order chi connectivity index (χ1) is 8.29. The second-order valence-electron chi connectivity index (χ2n) is 4.64. The molecule has 0 unspecified atom stereocenters. The van der Waals surface area contributed by atoms with E-state index in [1.54, 1.807) is 7.11 Å². The molecule has 0 bridgehead atoms. The van der Waals surface area contributed by atoms with Crippen molar-refractivity contribution in [2.24, 2.45) is 5.92 Å². The van der Waals surface area contributed by atoms with Crippen LogP contribution in [0.5, 0.6) is 5.75 Å². The Morgan fingerprint density at radius 1 is 1.35 bits per heavy atom. The van der Waals surface area contributed by atoms with Crippen LogP contribution in [0.25, 0.3) is 0 Å². The Labute approximate surface area is 103 Å². The molecule has 1 aliphatic heterocycles. The van der Waals surface area contributed by atoms with Crippen molar-refractivity contribution in [1.82, 2.24) is 0 Å². The zero-order valence-electron chi connectivity index (χ0n) is 10.7. The minimum absolute atomic E-state index is 0.717. The fraction of sp³-hybridized carbons (Fsp3) is 0.571. The lowest BCUT2D eigenvalue weighted by atomic mass is 10.0. The third-order valence-electron chi connectivity index (χ3n) is 3.28. The van der Waals surface area contributed by atoms with E-state index in [1.165, 1.54) is 5.56 Å². The van der Waals surface area contributed by atoms with Crippen molar-refractivity contribution >= 4 is 5.69 Å². The lowest BCUT2D eigenvalue weighted by Gasteiger charge is -2.23.